The first-order chi connectivity index (χ1) is 8.33. The molecule has 0 spiro atoms. The molecule has 1 rings (SSSR count). The summed E-state index contributed by atoms with van der Waals surface area (Å²) in [5.74, 6) is -0.426. The van der Waals surface area contributed by atoms with Gasteiger partial charge in [0.2, 0.25) is 0 Å². The molecule has 1 unspecified atom stereocenters. The molecule has 0 saturated carbocycles. The minimum absolute atomic E-state index is 0.186. The van der Waals surface area contributed by atoms with Crippen LogP contribution in [0.5, 0.6) is 0 Å². The molecule has 0 heterocycles. The normalized spacial score (nSPS) is 13.2. The summed E-state index contributed by atoms with van der Waals surface area (Å²) in [6.45, 7) is 8.14. The van der Waals surface area contributed by atoms with Gasteiger partial charge in [0.1, 0.15) is 5.60 Å². The second-order valence-electron chi connectivity index (χ2n) is 5.54. The van der Waals surface area contributed by atoms with Crippen molar-refractivity contribution in [3.8, 4) is 0 Å². The van der Waals surface area contributed by atoms with E-state index in [1.807, 2.05) is 52.0 Å². The molecule has 0 aliphatic carbocycles. The SMILES string of the molecule is CC(C(=O)OC(C)(C)C)c1ccc(CCN)cc1. The molecule has 1 aromatic rings. The van der Waals surface area contributed by atoms with E-state index in [9.17, 15) is 4.79 Å². The predicted molar refractivity (Wildman–Crippen MR) is 73.5 cm³/mol. The lowest BCUT2D eigenvalue weighted by Crippen LogP contribution is -2.26. The van der Waals surface area contributed by atoms with E-state index in [0.717, 1.165) is 12.0 Å². The Bertz CT molecular complexity index is 390. The number of esters is 1. The van der Waals surface area contributed by atoms with Gasteiger partial charge in [-0.2, -0.15) is 0 Å². The lowest BCUT2D eigenvalue weighted by molar-refractivity contribution is -0.156. The summed E-state index contributed by atoms with van der Waals surface area (Å²) in [6.07, 6.45) is 0.862. The van der Waals surface area contributed by atoms with E-state index < -0.39 is 5.60 Å². The quantitative estimate of drug-likeness (QED) is 0.835. The van der Waals surface area contributed by atoms with Crippen LogP contribution in [-0.2, 0) is 16.0 Å². The Kier molecular flexibility index (Phi) is 4.91. The first-order valence-corrected chi connectivity index (χ1v) is 6.35. The van der Waals surface area contributed by atoms with Gasteiger partial charge in [-0.3, -0.25) is 4.79 Å². The highest BCUT2D eigenvalue weighted by Crippen LogP contribution is 2.20. The van der Waals surface area contributed by atoms with Crippen LogP contribution in [0.3, 0.4) is 0 Å². The number of carbonyl (C=O) groups excluding carboxylic acids is 1. The minimum Gasteiger partial charge on any atom is -0.460 e. The Balaban J connectivity index is 2.71. The summed E-state index contributed by atoms with van der Waals surface area (Å²) in [4.78, 5) is 11.9. The van der Waals surface area contributed by atoms with Crippen LogP contribution in [0.2, 0.25) is 0 Å². The summed E-state index contributed by atoms with van der Waals surface area (Å²) in [7, 11) is 0. The minimum atomic E-state index is -0.440. The molecule has 1 aromatic carbocycles. The van der Waals surface area contributed by atoms with E-state index in [1.54, 1.807) is 0 Å². The zero-order valence-corrected chi connectivity index (χ0v) is 11.7. The Morgan fingerprint density at radius 1 is 1.28 bits per heavy atom. The molecular formula is C15H23NO2. The molecule has 1 atom stereocenters. The third-order valence-electron chi connectivity index (χ3n) is 2.67. The molecule has 0 amide bonds. The van der Waals surface area contributed by atoms with Gasteiger partial charge in [-0.05, 0) is 51.8 Å². The van der Waals surface area contributed by atoms with Crippen LogP contribution in [-0.4, -0.2) is 18.1 Å². The summed E-state index contributed by atoms with van der Waals surface area (Å²) in [5, 5.41) is 0. The summed E-state index contributed by atoms with van der Waals surface area (Å²) in [6, 6.07) is 7.98. The maximum absolute atomic E-state index is 11.9. The average molecular weight is 249 g/mol. The maximum Gasteiger partial charge on any atom is 0.313 e. The maximum atomic E-state index is 11.9. The predicted octanol–water partition coefficient (Wildman–Crippen LogP) is 2.63. The van der Waals surface area contributed by atoms with Crippen LogP contribution in [0.15, 0.2) is 24.3 Å². The van der Waals surface area contributed by atoms with Gasteiger partial charge < -0.3 is 10.5 Å². The molecule has 3 heteroatoms. The third kappa shape index (κ3) is 4.49. The van der Waals surface area contributed by atoms with Crippen molar-refractivity contribution in [3.05, 3.63) is 35.4 Å². The fourth-order valence-electron chi connectivity index (χ4n) is 1.67. The number of ether oxygens (including phenoxy) is 1. The van der Waals surface area contributed by atoms with E-state index in [0.29, 0.717) is 6.54 Å². The third-order valence-corrected chi connectivity index (χ3v) is 2.67. The lowest BCUT2D eigenvalue weighted by Gasteiger charge is -2.22. The van der Waals surface area contributed by atoms with Crippen LogP contribution in [0.25, 0.3) is 0 Å². The van der Waals surface area contributed by atoms with Gasteiger partial charge in [-0.15, -0.1) is 0 Å². The molecule has 0 bridgehead atoms. The van der Waals surface area contributed by atoms with E-state index in [4.69, 9.17) is 10.5 Å². The Labute approximate surface area is 109 Å². The van der Waals surface area contributed by atoms with Crippen molar-refractivity contribution in [2.24, 2.45) is 5.73 Å². The monoisotopic (exact) mass is 249 g/mol. The second kappa shape index (κ2) is 6.01. The Morgan fingerprint density at radius 2 is 1.83 bits per heavy atom. The molecule has 0 aliphatic rings. The Hall–Kier alpha value is -1.35. The van der Waals surface area contributed by atoms with Gasteiger partial charge in [0, 0.05) is 0 Å². The molecule has 0 saturated heterocycles. The van der Waals surface area contributed by atoms with Gasteiger partial charge >= 0.3 is 5.97 Å². The number of nitrogens with two attached hydrogens (primary N) is 1. The molecule has 3 nitrogen and oxygen atoms in total. The molecular weight excluding hydrogens is 226 g/mol. The zero-order valence-electron chi connectivity index (χ0n) is 11.7. The van der Waals surface area contributed by atoms with Gasteiger partial charge in [-0.1, -0.05) is 24.3 Å². The number of rotatable bonds is 4. The van der Waals surface area contributed by atoms with Gasteiger partial charge in [0.25, 0.3) is 0 Å². The summed E-state index contributed by atoms with van der Waals surface area (Å²) in [5.41, 5.74) is 7.23. The Morgan fingerprint density at radius 3 is 2.28 bits per heavy atom. The van der Waals surface area contributed by atoms with Crippen molar-refractivity contribution in [3.63, 3.8) is 0 Å². The largest absolute Gasteiger partial charge is 0.460 e. The fraction of sp³-hybridized carbons (Fsp3) is 0.533. The topological polar surface area (TPSA) is 52.3 Å². The smallest absolute Gasteiger partial charge is 0.313 e. The first-order valence-electron chi connectivity index (χ1n) is 6.35. The van der Waals surface area contributed by atoms with E-state index in [-0.39, 0.29) is 11.9 Å². The van der Waals surface area contributed by atoms with E-state index >= 15 is 0 Å². The van der Waals surface area contributed by atoms with Crippen molar-refractivity contribution < 1.29 is 9.53 Å². The average Bonchev–Trinajstić information content (AvgIpc) is 2.27. The first kappa shape index (κ1) is 14.7. The van der Waals surface area contributed by atoms with E-state index in [1.165, 1.54) is 5.56 Å². The number of hydrogen-bond donors (Lipinski definition) is 1. The lowest BCUT2D eigenvalue weighted by atomic mass is 9.99. The van der Waals surface area contributed by atoms with Crippen molar-refractivity contribution in [1.29, 1.82) is 0 Å². The highest BCUT2D eigenvalue weighted by atomic mass is 16.6. The van der Waals surface area contributed by atoms with Gasteiger partial charge in [0.15, 0.2) is 0 Å². The van der Waals surface area contributed by atoms with Crippen molar-refractivity contribution in [1.82, 2.24) is 0 Å². The van der Waals surface area contributed by atoms with Crippen LogP contribution >= 0.6 is 0 Å². The molecule has 0 fully saturated rings. The number of hydrogen-bond acceptors (Lipinski definition) is 3. The van der Waals surface area contributed by atoms with Crippen LogP contribution in [0.4, 0.5) is 0 Å². The number of carbonyl (C=O) groups is 1. The van der Waals surface area contributed by atoms with Crippen LogP contribution in [0, 0.1) is 0 Å². The van der Waals surface area contributed by atoms with E-state index in [2.05, 4.69) is 0 Å². The standard InChI is InChI=1S/C15H23NO2/c1-11(14(17)18-15(2,3)4)13-7-5-12(6-8-13)9-10-16/h5-8,11H,9-10,16H2,1-4H3. The van der Waals surface area contributed by atoms with Crippen molar-refractivity contribution >= 4 is 5.97 Å². The van der Waals surface area contributed by atoms with Crippen molar-refractivity contribution in [2.45, 2.75) is 45.6 Å². The zero-order chi connectivity index (χ0) is 13.8. The molecule has 100 valence electrons. The molecule has 18 heavy (non-hydrogen) atoms. The van der Waals surface area contributed by atoms with Gasteiger partial charge in [-0.25, -0.2) is 0 Å². The highest BCUT2D eigenvalue weighted by molar-refractivity contribution is 5.78. The second-order valence-corrected chi connectivity index (χ2v) is 5.54. The molecule has 0 aromatic heterocycles. The fourth-order valence-corrected chi connectivity index (χ4v) is 1.67. The van der Waals surface area contributed by atoms with Crippen LogP contribution in [0.1, 0.15) is 44.7 Å². The molecule has 2 N–H and O–H groups in total. The molecule has 0 radical (unpaired) electrons. The number of benzene rings is 1. The van der Waals surface area contributed by atoms with Crippen LogP contribution < -0.4 is 5.73 Å². The summed E-state index contributed by atoms with van der Waals surface area (Å²) >= 11 is 0. The summed E-state index contributed by atoms with van der Waals surface area (Å²) < 4.78 is 5.37. The molecule has 0 aliphatic heterocycles. The van der Waals surface area contributed by atoms with Crippen molar-refractivity contribution in [2.75, 3.05) is 6.54 Å². The van der Waals surface area contributed by atoms with Gasteiger partial charge in [0.05, 0.1) is 5.92 Å². The highest BCUT2D eigenvalue weighted by Gasteiger charge is 2.22.